The third kappa shape index (κ3) is 3.19. The van der Waals surface area contributed by atoms with E-state index < -0.39 is 17.6 Å². The molecule has 2 saturated carbocycles. The number of benzene rings is 2. The van der Waals surface area contributed by atoms with Crippen LogP contribution in [0.15, 0.2) is 36.4 Å². The molecule has 156 valence electrons. The number of carbonyl (C=O) groups is 1. The van der Waals surface area contributed by atoms with Crippen LogP contribution in [-0.2, 0) is 6.18 Å². The van der Waals surface area contributed by atoms with E-state index in [1.165, 1.54) is 12.1 Å². The lowest BCUT2D eigenvalue weighted by atomic mass is 9.47. The van der Waals surface area contributed by atoms with Gasteiger partial charge in [0.05, 0.1) is 20.8 Å². The van der Waals surface area contributed by atoms with Gasteiger partial charge in [0.15, 0.2) is 0 Å². The average molecular weight is 451 g/mol. The number of thiazole rings is 1. The molecule has 0 atom stereocenters. The van der Waals surface area contributed by atoms with E-state index in [1.807, 2.05) is 18.2 Å². The summed E-state index contributed by atoms with van der Waals surface area (Å²) in [5.74, 6) is -0.771. The molecule has 2 aliphatic carbocycles. The molecule has 8 heteroatoms. The lowest BCUT2D eigenvalue weighted by Crippen LogP contribution is -2.46. The van der Waals surface area contributed by atoms with Crippen LogP contribution >= 0.6 is 22.9 Å². The van der Waals surface area contributed by atoms with Crippen LogP contribution in [0.2, 0.25) is 5.02 Å². The minimum atomic E-state index is -4.51. The molecule has 0 radical (unpaired) electrons. The number of nitrogens with zero attached hydrogens (tertiary/aromatic N) is 1. The summed E-state index contributed by atoms with van der Waals surface area (Å²) in [5, 5.41) is 1.72. The van der Waals surface area contributed by atoms with Crippen molar-refractivity contribution >= 4 is 39.1 Å². The molecule has 0 aliphatic heterocycles. The molecule has 0 saturated heterocycles. The van der Waals surface area contributed by atoms with Crippen molar-refractivity contribution in [1.82, 2.24) is 4.98 Å². The van der Waals surface area contributed by atoms with E-state index in [9.17, 15) is 18.0 Å². The quantitative estimate of drug-likeness (QED) is 0.494. The number of primary amides is 1. The third-order valence-electron chi connectivity index (χ3n) is 6.52. The maximum Gasteiger partial charge on any atom is 0.416 e. The highest BCUT2D eigenvalue weighted by Gasteiger charge is 2.55. The van der Waals surface area contributed by atoms with E-state index in [0.717, 1.165) is 34.1 Å². The molecule has 30 heavy (non-hydrogen) atoms. The predicted molar refractivity (Wildman–Crippen MR) is 111 cm³/mol. The summed E-state index contributed by atoms with van der Waals surface area (Å²) in [5.41, 5.74) is 5.63. The summed E-state index contributed by atoms with van der Waals surface area (Å²) in [6, 6.07) is 9.35. The van der Waals surface area contributed by atoms with Gasteiger partial charge in [0.25, 0.3) is 0 Å². The van der Waals surface area contributed by atoms with Crippen LogP contribution in [0.5, 0.6) is 0 Å². The monoisotopic (exact) mass is 450 g/mol. The zero-order valence-corrected chi connectivity index (χ0v) is 17.4. The maximum absolute atomic E-state index is 13.5. The SMILES string of the molecule is NC(=O)c1cccc(C(F)(F)F)c1C1CC2(CC(c3nc4cc(Cl)ccc4s3)C2)C1. The van der Waals surface area contributed by atoms with Crippen molar-refractivity contribution in [2.24, 2.45) is 11.1 Å². The normalized spacial score (nSPS) is 25.9. The van der Waals surface area contributed by atoms with Crippen molar-refractivity contribution < 1.29 is 18.0 Å². The van der Waals surface area contributed by atoms with Crippen molar-refractivity contribution in [3.8, 4) is 0 Å². The zero-order valence-electron chi connectivity index (χ0n) is 15.8. The molecule has 5 rings (SSSR count). The van der Waals surface area contributed by atoms with E-state index in [1.54, 1.807) is 11.3 Å². The summed E-state index contributed by atoms with van der Waals surface area (Å²) < 4.78 is 41.7. The molecular weight excluding hydrogens is 433 g/mol. The van der Waals surface area contributed by atoms with E-state index in [0.29, 0.717) is 23.8 Å². The number of fused-ring (bicyclic) bond motifs is 1. The van der Waals surface area contributed by atoms with Gasteiger partial charge in [-0.1, -0.05) is 17.7 Å². The molecule has 1 aromatic heterocycles. The van der Waals surface area contributed by atoms with Crippen LogP contribution in [0, 0.1) is 5.41 Å². The second-order valence-corrected chi connectivity index (χ2v) is 10.0. The van der Waals surface area contributed by atoms with Gasteiger partial charge < -0.3 is 5.73 Å². The van der Waals surface area contributed by atoms with Crippen molar-refractivity contribution in [1.29, 1.82) is 0 Å². The molecule has 2 aromatic carbocycles. The number of hydrogen-bond acceptors (Lipinski definition) is 3. The Morgan fingerprint density at radius 2 is 1.83 bits per heavy atom. The average Bonchev–Trinajstić information content (AvgIpc) is 3.00. The number of carbonyl (C=O) groups excluding carboxylic acids is 1. The second kappa shape index (κ2) is 6.69. The number of aromatic nitrogens is 1. The Kier molecular flexibility index (Phi) is 4.42. The van der Waals surface area contributed by atoms with Crippen molar-refractivity contribution in [2.75, 3.05) is 0 Å². The number of alkyl halides is 3. The smallest absolute Gasteiger partial charge is 0.366 e. The molecule has 3 aromatic rings. The number of amides is 1. The predicted octanol–water partition coefficient (Wildman–Crippen LogP) is 6.51. The lowest BCUT2D eigenvalue weighted by Gasteiger charge is -2.58. The Hall–Kier alpha value is -2.12. The molecule has 2 aliphatic rings. The Bertz CT molecular complexity index is 1160. The first kappa shape index (κ1) is 19.8. The van der Waals surface area contributed by atoms with Crippen molar-refractivity contribution in [3.05, 3.63) is 63.1 Å². The van der Waals surface area contributed by atoms with Gasteiger partial charge in [-0.05, 0) is 72.9 Å². The third-order valence-corrected chi connectivity index (χ3v) is 7.95. The molecule has 0 unspecified atom stereocenters. The minimum Gasteiger partial charge on any atom is -0.366 e. The first-order valence-corrected chi connectivity index (χ1v) is 10.9. The van der Waals surface area contributed by atoms with Gasteiger partial charge in [-0.25, -0.2) is 4.98 Å². The van der Waals surface area contributed by atoms with Gasteiger partial charge in [0.2, 0.25) is 5.91 Å². The fraction of sp³-hybridized carbons (Fsp3) is 0.364. The van der Waals surface area contributed by atoms with E-state index in [4.69, 9.17) is 22.3 Å². The van der Waals surface area contributed by atoms with Gasteiger partial charge >= 0.3 is 6.18 Å². The maximum atomic E-state index is 13.5. The molecule has 0 bridgehead atoms. The van der Waals surface area contributed by atoms with Gasteiger partial charge in [-0.15, -0.1) is 11.3 Å². The molecule has 1 amide bonds. The highest BCUT2D eigenvalue weighted by Crippen LogP contribution is 2.67. The Morgan fingerprint density at radius 1 is 1.13 bits per heavy atom. The summed E-state index contributed by atoms with van der Waals surface area (Å²) in [6.45, 7) is 0. The zero-order chi connectivity index (χ0) is 21.3. The lowest BCUT2D eigenvalue weighted by molar-refractivity contribution is -0.139. The van der Waals surface area contributed by atoms with Crippen LogP contribution < -0.4 is 5.73 Å². The van der Waals surface area contributed by atoms with Crippen molar-refractivity contribution in [3.63, 3.8) is 0 Å². The first-order chi connectivity index (χ1) is 14.2. The van der Waals surface area contributed by atoms with Gasteiger partial charge in [-0.3, -0.25) is 4.79 Å². The second-order valence-electron chi connectivity index (χ2n) is 8.50. The topological polar surface area (TPSA) is 56.0 Å². The van der Waals surface area contributed by atoms with Gasteiger partial charge in [0, 0.05) is 16.5 Å². The molecule has 3 nitrogen and oxygen atoms in total. The number of halogens is 4. The van der Waals surface area contributed by atoms with Gasteiger partial charge in [0.1, 0.15) is 0 Å². The fourth-order valence-electron chi connectivity index (χ4n) is 5.24. The van der Waals surface area contributed by atoms with Crippen LogP contribution in [0.1, 0.15) is 64.0 Å². The Morgan fingerprint density at radius 3 is 2.50 bits per heavy atom. The Labute approximate surface area is 180 Å². The fourth-order valence-corrected chi connectivity index (χ4v) is 6.46. The summed E-state index contributed by atoms with van der Waals surface area (Å²) in [6.07, 6.45) is -1.39. The van der Waals surface area contributed by atoms with E-state index >= 15 is 0 Å². The first-order valence-electron chi connectivity index (χ1n) is 9.71. The van der Waals surface area contributed by atoms with Crippen LogP contribution in [0.3, 0.4) is 0 Å². The van der Waals surface area contributed by atoms with E-state index in [2.05, 4.69) is 0 Å². The van der Waals surface area contributed by atoms with E-state index in [-0.39, 0.29) is 22.5 Å². The highest BCUT2D eigenvalue weighted by atomic mass is 35.5. The number of hydrogen-bond donors (Lipinski definition) is 1. The molecule has 2 N–H and O–H groups in total. The highest BCUT2D eigenvalue weighted by molar-refractivity contribution is 7.18. The molecule has 1 spiro atoms. The number of rotatable bonds is 3. The van der Waals surface area contributed by atoms with Crippen LogP contribution in [0.25, 0.3) is 10.2 Å². The van der Waals surface area contributed by atoms with Gasteiger partial charge in [-0.2, -0.15) is 13.2 Å². The largest absolute Gasteiger partial charge is 0.416 e. The summed E-state index contributed by atoms with van der Waals surface area (Å²) in [4.78, 5) is 16.5. The Balaban J connectivity index is 1.34. The van der Waals surface area contributed by atoms with Crippen molar-refractivity contribution in [2.45, 2.75) is 43.7 Å². The van der Waals surface area contributed by atoms with Crippen LogP contribution in [-0.4, -0.2) is 10.9 Å². The number of nitrogens with two attached hydrogens (primary N) is 1. The molecule has 1 heterocycles. The summed E-state index contributed by atoms with van der Waals surface area (Å²) in [7, 11) is 0. The standard InChI is InChI=1S/C22H18ClF3N2OS/c23-13-4-5-17-16(6-13)28-20(30-17)12-9-21(10-12)7-11(8-21)18-14(19(27)29)2-1-3-15(18)22(24,25)26/h1-6,11-12H,7-10H2,(H2,27,29). The van der Waals surface area contributed by atoms with Crippen LogP contribution in [0.4, 0.5) is 13.2 Å². The molecular formula is C22H18ClF3N2OS. The summed E-state index contributed by atoms with van der Waals surface area (Å²) >= 11 is 7.69. The molecule has 2 fully saturated rings. The minimum absolute atomic E-state index is 0.0106.